The minimum Gasteiger partial charge on any atom is -0.497 e. The van der Waals surface area contributed by atoms with Gasteiger partial charge in [0.2, 0.25) is 0 Å². The quantitative estimate of drug-likeness (QED) is 0.122. The summed E-state index contributed by atoms with van der Waals surface area (Å²) in [5.74, 6) is 4.81. The van der Waals surface area contributed by atoms with Crippen LogP contribution in [0.15, 0.2) is 218 Å². The Bertz CT molecular complexity index is 5180. The van der Waals surface area contributed by atoms with Crippen molar-refractivity contribution in [2.75, 3.05) is 56.9 Å². The molecule has 17 rings (SSSR count). The number of hydrogen-bond donors (Lipinski definition) is 2. The van der Waals surface area contributed by atoms with E-state index >= 15 is 0 Å². The van der Waals surface area contributed by atoms with Crippen molar-refractivity contribution in [3.63, 3.8) is 0 Å². The maximum Gasteiger partial charge on any atom is 0.123 e. The lowest BCUT2D eigenvalue weighted by Crippen LogP contribution is -1.92. The van der Waals surface area contributed by atoms with Gasteiger partial charge in [-0.1, -0.05) is 97.1 Å². The standard InChI is InChI=1S/C84H62N4O8/c1-89-57-25-53(26-58(41-57)90-2)73-77-65-33-45-17-9-11-19-47(45)35-67(65)79(85-77)74(54-27-59(91-3)42-60(28-54)92-4)81-69-37-49-21-13-15-23-51(49)39-71(69)83(87-81)76(56-31-63(95-7)44-64(32-56)96-8)84-72-40-52-24-16-14-22-50(52)38-70(72)82(88-84)75(55-29-61(93-5)43-62(30-55)94-6)80-68-36-48-20-12-10-18-46(48)34-66(68)78(73)86-80/h9-44,85,88H,1-8H3. The van der Waals surface area contributed by atoms with Crippen LogP contribution >= 0.6 is 0 Å². The maximum atomic E-state index is 6.25. The van der Waals surface area contributed by atoms with Gasteiger partial charge in [-0.2, -0.15) is 0 Å². The van der Waals surface area contributed by atoms with Crippen LogP contribution in [0.1, 0.15) is 0 Å². The first-order chi connectivity index (χ1) is 47.1. The Kier molecular flexibility index (Phi) is 13.7. The molecule has 12 heteroatoms. The fourth-order valence-electron chi connectivity index (χ4n) is 14.5. The van der Waals surface area contributed by atoms with Gasteiger partial charge in [-0.15, -0.1) is 0 Å². The molecule has 1 aliphatic carbocycles. The highest BCUT2D eigenvalue weighted by atomic mass is 16.5. The number of aromatic nitrogens is 4. The van der Waals surface area contributed by atoms with E-state index in [9.17, 15) is 0 Å². The van der Waals surface area contributed by atoms with Crippen molar-refractivity contribution in [3.8, 4) is 136 Å². The van der Waals surface area contributed by atoms with Crippen LogP contribution in [0.5, 0.6) is 46.0 Å². The summed E-state index contributed by atoms with van der Waals surface area (Å²) in [6.45, 7) is 0. The van der Waals surface area contributed by atoms with E-state index in [0.29, 0.717) is 68.8 Å². The number of ether oxygens (including phenoxy) is 8. The van der Waals surface area contributed by atoms with E-state index in [1.54, 1.807) is 56.9 Å². The predicted molar refractivity (Wildman–Crippen MR) is 389 cm³/mol. The maximum absolute atomic E-state index is 6.25. The van der Waals surface area contributed by atoms with Crippen molar-refractivity contribution in [1.82, 2.24) is 19.9 Å². The topological polar surface area (TPSA) is 131 Å². The Morgan fingerprint density at radius 1 is 0.219 bits per heavy atom. The van der Waals surface area contributed by atoms with E-state index in [0.717, 1.165) is 153 Å². The number of nitrogens with zero attached hydrogens (tertiary/aromatic N) is 2. The molecule has 0 amide bonds. The van der Waals surface area contributed by atoms with Gasteiger partial charge >= 0.3 is 0 Å². The van der Waals surface area contributed by atoms with Crippen molar-refractivity contribution < 1.29 is 37.9 Å². The number of fused-ring (bicyclic) bond motifs is 4. The third kappa shape index (κ3) is 9.27. The van der Waals surface area contributed by atoms with Crippen molar-refractivity contribution in [1.29, 1.82) is 0 Å². The number of H-pyrrole nitrogens is 2. The molecule has 0 fully saturated rings. The average Bonchev–Trinajstić information content (AvgIpc) is 1.55. The molecular weight excluding hydrogens is 1190 g/mol. The first-order valence-electron chi connectivity index (χ1n) is 31.6. The summed E-state index contributed by atoms with van der Waals surface area (Å²) >= 11 is 0. The van der Waals surface area contributed by atoms with Gasteiger partial charge < -0.3 is 47.9 Å². The summed E-state index contributed by atoms with van der Waals surface area (Å²) in [5.41, 5.74) is 15.9. The minimum absolute atomic E-state index is 0.601. The molecular formula is C84H62N4O8. The highest BCUT2D eigenvalue weighted by Gasteiger charge is 2.32. The molecule has 0 radical (unpaired) electrons. The van der Waals surface area contributed by atoms with E-state index in [1.807, 2.05) is 24.3 Å². The predicted octanol–water partition coefficient (Wildman–Crippen LogP) is 20.6. The Labute approximate surface area is 552 Å². The molecule has 12 aromatic carbocycles. The van der Waals surface area contributed by atoms with Crippen LogP contribution in [0.3, 0.4) is 0 Å². The molecule has 0 spiro atoms. The van der Waals surface area contributed by atoms with Crippen LogP contribution < -0.4 is 37.9 Å². The highest BCUT2D eigenvalue weighted by Crippen LogP contribution is 2.55. The van der Waals surface area contributed by atoms with Gasteiger partial charge in [0.15, 0.2) is 0 Å². The first-order valence-corrected chi connectivity index (χ1v) is 31.6. The number of benzene rings is 12. The largest absolute Gasteiger partial charge is 0.497 e. The van der Waals surface area contributed by atoms with E-state index < -0.39 is 0 Å². The molecule has 2 aromatic heterocycles. The summed E-state index contributed by atoms with van der Waals surface area (Å²) < 4.78 is 49.7. The normalized spacial score (nSPS) is 11.8. The molecule has 0 saturated carbocycles. The fraction of sp³-hybridized carbons (Fsp3) is 0.0952. The van der Waals surface area contributed by atoms with Crippen LogP contribution in [-0.4, -0.2) is 76.8 Å². The summed E-state index contributed by atoms with van der Waals surface area (Å²) in [6, 6.07) is 76.6. The Balaban J connectivity index is 1.25. The van der Waals surface area contributed by atoms with Gasteiger partial charge in [0.1, 0.15) is 46.0 Å². The summed E-state index contributed by atoms with van der Waals surface area (Å²) in [4.78, 5) is 21.1. The summed E-state index contributed by atoms with van der Waals surface area (Å²) in [5, 5.41) is 12.1. The van der Waals surface area contributed by atoms with E-state index in [1.165, 1.54) is 0 Å². The second-order valence-electron chi connectivity index (χ2n) is 24.3. The van der Waals surface area contributed by atoms with Gasteiger partial charge in [-0.25, -0.2) is 9.97 Å². The lowest BCUT2D eigenvalue weighted by atomic mass is 9.91. The van der Waals surface area contributed by atoms with Gasteiger partial charge in [0, 0.05) is 90.3 Å². The second-order valence-corrected chi connectivity index (χ2v) is 24.3. The molecule has 96 heavy (non-hydrogen) atoms. The molecule has 4 heterocycles. The molecule has 0 unspecified atom stereocenters. The van der Waals surface area contributed by atoms with Crippen LogP contribution in [0.2, 0.25) is 0 Å². The Morgan fingerprint density at radius 3 is 0.573 bits per heavy atom. The summed E-state index contributed by atoms with van der Waals surface area (Å²) in [6.07, 6.45) is 0. The van der Waals surface area contributed by atoms with Crippen LogP contribution in [0.4, 0.5) is 0 Å². The van der Waals surface area contributed by atoms with Crippen molar-refractivity contribution in [2.45, 2.75) is 0 Å². The third-order valence-electron chi connectivity index (χ3n) is 19.1. The Hall–Kier alpha value is -12.3. The van der Waals surface area contributed by atoms with Gasteiger partial charge in [0.05, 0.1) is 102 Å². The van der Waals surface area contributed by atoms with Gasteiger partial charge in [-0.05, 0) is 162 Å². The number of rotatable bonds is 12. The monoisotopic (exact) mass is 1250 g/mol. The number of aromatic amines is 2. The fourth-order valence-corrected chi connectivity index (χ4v) is 14.5. The van der Waals surface area contributed by atoms with E-state index in [2.05, 4.69) is 204 Å². The lowest BCUT2D eigenvalue weighted by molar-refractivity contribution is 0.394. The van der Waals surface area contributed by atoms with Crippen molar-refractivity contribution in [2.24, 2.45) is 0 Å². The van der Waals surface area contributed by atoms with E-state index in [4.69, 9.17) is 47.9 Å². The number of hydrogen-bond acceptors (Lipinski definition) is 10. The second kappa shape index (κ2) is 22.8. The Morgan fingerprint density at radius 2 is 0.396 bits per heavy atom. The van der Waals surface area contributed by atoms with Crippen molar-refractivity contribution in [3.05, 3.63) is 218 Å². The zero-order chi connectivity index (χ0) is 65.0. The number of methoxy groups -OCH3 is 8. The van der Waals surface area contributed by atoms with E-state index in [-0.39, 0.29) is 0 Å². The third-order valence-corrected chi connectivity index (χ3v) is 19.1. The lowest BCUT2D eigenvalue weighted by Gasteiger charge is -2.13. The highest BCUT2D eigenvalue weighted by molar-refractivity contribution is 6.25. The zero-order valence-corrected chi connectivity index (χ0v) is 53.9. The molecule has 14 aromatic rings. The summed E-state index contributed by atoms with van der Waals surface area (Å²) in [7, 11) is 13.5. The van der Waals surface area contributed by atoms with Crippen LogP contribution in [0.25, 0.3) is 176 Å². The average molecular weight is 1260 g/mol. The zero-order valence-electron chi connectivity index (χ0n) is 53.9. The molecule has 0 atom stereocenters. The molecule has 2 N–H and O–H groups in total. The molecule has 466 valence electrons. The van der Waals surface area contributed by atoms with Crippen LogP contribution in [0, 0.1) is 0 Å². The molecule has 12 nitrogen and oxygen atoms in total. The van der Waals surface area contributed by atoms with Crippen molar-refractivity contribution >= 4 is 86.7 Å². The van der Waals surface area contributed by atoms with Gasteiger partial charge in [-0.3, -0.25) is 0 Å². The minimum atomic E-state index is 0.601. The first kappa shape index (κ1) is 57.6. The molecule has 8 bridgehead atoms. The van der Waals surface area contributed by atoms with Gasteiger partial charge in [0.25, 0.3) is 0 Å². The smallest absolute Gasteiger partial charge is 0.123 e. The molecule has 2 aliphatic heterocycles. The number of nitrogens with one attached hydrogen (secondary N) is 2. The van der Waals surface area contributed by atoms with Crippen LogP contribution in [-0.2, 0) is 0 Å². The molecule has 0 saturated heterocycles. The molecule has 3 aliphatic rings. The SMILES string of the molecule is COc1cc(OC)cc(-c2c3nc(c(-c4cc(OC)cc(OC)c4)c4[nH]c(c(-c5cc(OC)cc(OC)c5)c5nc(c(-c6cc(OC)cc(OC)c6)c6[nH]c2c2cc7ccccc7cc62)-c2cc6ccccc6cc2-5)c2cc5ccccc5cc42)-c2cc4ccccc4cc2-3)c1.